The first-order valence-electron chi connectivity index (χ1n) is 10.4. The number of nitrogens with one attached hydrogen (secondary N) is 2. The second-order valence-corrected chi connectivity index (χ2v) is 8.73. The summed E-state index contributed by atoms with van der Waals surface area (Å²) >= 11 is 9.39. The Hall–Kier alpha value is -3.43. The molecule has 0 radical (unpaired) electrons. The van der Waals surface area contributed by atoms with E-state index in [1.165, 1.54) is 19.2 Å². The molecule has 2 amide bonds. The average molecular weight is 563 g/mol. The van der Waals surface area contributed by atoms with Crippen molar-refractivity contribution in [3.05, 3.63) is 86.6 Å². The zero-order valence-corrected chi connectivity index (χ0v) is 21.5. The Morgan fingerprint density at radius 3 is 2.54 bits per heavy atom. The molecule has 0 aliphatic heterocycles. The third-order valence-electron chi connectivity index (χ3n) is 4.98. The lowest BCUT2D eigenvalue weighted by atomic mass is 10.1. The number of hydrogen-bond acceptors (Lipinski definition) is 5. The maximum absolute atomic E-state index is 14.0. The average Bonchev–Trinajstić information content (AvgIpc) is 2.83. The summed E-state index contributed by atoms with van der Waals surface area (Å²) in [6, 6.07) is 14.6. The minimum absolute atomic E-state index is 0.0860. The molecule has 3 aromatic rings. The monoisotopic (exact) mass is 561 g/mol. The summed E-state index contributed by atoms with van der Waals surface area (Å²) in [6.45, 7) is 3.38. The summed E-state index contributed by atoms with van der Waals surface area (Å²) in [5.41, 5.74) is 4.83. The zero-order chi connectivity index (χ0) is 25.5. The van der Waals surface area contributed by atoms with Crippen molar-refractivity contribution in [1.29, 1.82) is 0 Å². The number of hydrogen-bond donors (Lipinski definition) is 2. The van der Waals surface area contributed by atoms with E-state index in [0.29, 0.717) is 28.5 Å². The van der Waals surface area contributed by atoms with E-state index < -0.39 is 17.6 Å². The number of ether oxygens (including phenoxy) is 2. The van der Waals surface area contributed by atoms with Crippen LogP contribution in [0.25, 0.3) is 0 Å². The third-order valence-corrected chi connectivity index (χ3v) is 5.83. The van der Waals surface area contributed by atoms with Crippen molar-refractivity contribution in [3.8, 4) is 11.5 Å². The molecule has 0 saturated heterocycles. The molecule has 0 spiro atoms. The fourth-order valence-corrected chi connectivity index (χ4v) is 3.72. The van der Waals surface area contributed by atoms with Crippen LogP contribution in [0.4, 0.5) is 10.1 Å². The van der Waals surface area contributed by atoms with Crippen LogP contribution in [-0.2, 0) is 16.2 Å². The minimum atomic E-state index is -0.916. The lowest BCUT2D eigenvalue weighted by Gasteiger charge is -2.13. The molecule has 0 aromatic heterocycles. The van der Waals surface area contributed by atoms with Gasteiger partial charge < -0.3 is 14.8 Å². The molecule has 0 heterocycles. The molecule has 7 nitrogen and oxygen atoms in total. The van der Waals surface area contributed by atoms with Gasteiger partial charge in [-0.3, -0.25) is 9.59 Å². The number of halogens is 3. The molecule has 2 N–H and O–H groups in total. The van der Waals surface area contributed by atoms with E-state index in [0.717, 1.165) is 10.0 Å². The molecule has 0 saturated carbocycles. The topological polar surface area (TPSA) is 89.0 Å². The number of hydrazone groups is 1. The molecule has 0 bridgehead atoms. The number of methoxy groups -OCH3 is 1. The predicted octanol–water partition coefficient (Wildman–Crippen LogP) is 5.62. The first-order valence-corrected chi connectivity index (χ1v) is 11.5. The van der Waals surface area contributed by atoms with Crippen LogP contribution in [0.2, 0.25) is 5.02 Å². The first kappa shape index (κ1) is 26.2. The molecule has 0 fully saturated rings. The van der Waals surface area contributed by atoms with Crippen LogP contribution < -0.4 is 20.2 Å². The number of anilines is 1. The summed E-state index contributed by atoms with van der Waals surface area (Å²) in [6.07, 6.45) is 0. The molecule has 3 rings (SSSR count). The molecule has 182 valence electrons. The Kier molecular flexibility index (Phi) is 8.84. The summed E-state index contributed by atoms with van der Waals surface area (Å²) in [5.74, 6) is -1.48. The number of carbonyl (C=O) groups is 2. The van der Waals surface area contributed by atoms with Crippen LogP contribution in [0.3, 0.4) is 0 Å². The van der Waals surface area contributed by atoms with Gasteiger partial charge in [-0.05, 0) is 67.9 Å². The zero-order valence-electron chi connectivity index (χ0n) is 19.1. The van der Waals surface area contributed by atoms with Crippen LogP contribution in [0.1, 0.15) is 23.6 Å². The molecule has 0 atom stereocenters. The number of carbonyl (C=O) groups excluding carboxylic acids is 2. The number of nitrogens with zero attached hydrogens (tertiary/aromatic N) is 1. The van der Waals surface area contributed by atoms with Gasteiger partial charge in [0.1, 0.15) is 12.4 Å². The van der Waals surface area contributed by atoms with E-state index >= 15 is 0 Å². The van der Waals surface area contributed by atoms with E-state index in [2.05, 4.69) is 31.8 Å². The van der Waals surface area contributed by atoms with Gasteiger partial charge in [0.15, 0.2) is 11.5 Å². The quantitative estimate of drug-likeness (QED) is 0.222. The standard InChI is InChI=1S/C25H22BrClFN3O4/c1-14-11-17(26)8-9-21(14)29-24(32)25(33)31-30-15(2)16-7-10-22(23(12-16)34-3)35-13-18-19(27)5-4-6-20(18)28/h4-12H,13H2,1-3H3,(H,29,32)(H,31,33)/b30-15+. The largest absolute Gasteiger partial charge is 0.493 e. The highest BCUT2D eigenvalue weighted by atomic mass is 79.9. The Morgan fingerprint density at radius 1 is 1.09 bits per heavy atom. The molecular weight excluding hydrogens is 541 g/mol. The Balaban J connectivity index is 1.66. The van der Waals surface area contributed by atoms with E-state index in [9.17, 15) is 14.0 Å². The highest BCUT2D eigenvalue weighted by molar-refractivity contribution is 9.10. The van der Waals surface area contributed by atoms with Gasteiger partial charge in [0, 0.05) is 21.3 Å². The number of rotatable bonds is 7. The maximum Gasteiger partial charge on any atom is 0.329 e. The molecule has 0 aliphatic rings. The van der Waals surface area contributed by atoms with Gasteiger partial charge in [-0.1, -0.05) is 33.6 Å². The molecule has 35 heavy (non-hydrogen) atoms. The maximum atomic E-state index is 14.0. The Morgan fingerprint density at radius 2 is 1.86 bits per heavy atom. The molecule has 0 aliphatic carbocycles. The molecule has 10 heteroatoms. The van der Waals surface area contributed by atoms with Gasteiger partial charge in [-0.15, -0.1) is 0 Å². The summed E-state index contributed by atoms with van der Waals surface area (Å²) in [4.78, 5) is 24.4. The van der Waals surface area contributed by atoms with E-state index in [4.69, 9.17) is 21.1 Å². The van der Waals surface area contributed by atoms with Crippen LogP contribution in [-0.4, -0.2) is 24.6 Å². The second-order valence-electron chi connectivity index (χ2n) is 7.41. The summed E-state index contributed by atoms with van der Waals surface area (Å²) < 4.78 is 25.9. The number of benzene rings is 3. The third kappa shape index (κ3) is 6.80. The number of amides is 2. The highest BCUT2D eigenvalue weighted by Gasteiger charge is 2.15. The fraction of sp³-hybridized carbons (Fsp3) is 0.160. The van der Waals surface area contributed by atoms with Gasteiger partial charge in [0.05, 0.1) is 17.8 Å². The minimum Gasteiger partial charge on any atom is -0.493 e. The van der Waals surface area contributed by atoms with Crippen molar-refractivity contribution < 1.29 is 23.5 Å². The van der Waals surface area contributed by atoms with Crippen LogP contribution in [0.5, 0.6) is 11.5 Å². The summed E-state index contributed by atoms with van der Waals surface area (Å²) in [5, 5.41) is 6.81. The molecule has 3 aromatic carbocycles. The van der Waals surface area contributed by atoms with Gasteiger partial charge in [-0.25, -0.2) is 9.82 Å². The van der Waals surface area contributed by atoms with Crippen molar-refractivity contribution in [3.63, 3.8) is 0 Å². The molecular formula is C25H22BrClFN3O4. The van der Waals surface area contributed by atoms with Crippen molar-refractivity contribution in [1.82, 2.24) is 5.43 Å². The van der Waals surface area contributed by atoms with Crippen LogP contribution in [0.15, 0.2) is 64.2 Å². The Bertz CT molecular complexity index is 1280. The number of aryl methyl sites for hydroxylation is 1. The van der Waals surface area contributed by atoms with Gasteiger partial charge in [0.2, 0.25) is 0 Å². The predicted molar refractivity (Wildman–Crippen MR) is 137 cm³/mol. The van der Waals surface area contributed by atoms with Crippen LogP contribution in [0, 0.1) is 12.7 Å². The van der Waals surface area contributed by atoms with Crippen molar-refractivity contribution in [2.24, 2.45) is 5.10 Å². The lowest BCUT2D eigenvalue weighted by Crippen LogP contribution is -2.33. The first-order chi connectivity index (χ1) is 16.7. The smallest absolute Gasteiger partial charge is 0.329 e. The SMILES string of the molecule is COc1cc(/C(C)=N/NC(=O)C(=O)Nc2ccc(Br)cc2C)ccc1OCc1c(F)cccc1Cl. The van der Waals surface area contributed by atoms with Gasteiger partial charge >= 0.3 is 11.8 Å². The lowest BCUT2D eigenvalue weighted by molar-refractivity contribution is -0.136. The normalized spacial score (nSPS) is 11.1. The van der Waals surface area contributed by atoms with Gasteiger partial charge in [-0.2, -0.15) is 5.10 Å². The van der Waals surface area contributed by atoms with Crippen molar-refractivity contribution in [2.75, 3.05) is 12.4 Å². The second kappa shape index (κ2) is 11.8. The van der Waals surface area contributed by atoms with Crippen molar-refractivity contribution in [2.45, 2.75) is 20.5 Å². The highest BCUT2D eigenvalue weighted by Crippen LogP contribution is 2.30. The van der Waals surface area contributed by atoms with Crippen LogP contribution >= 0.6 is 27.5 Å². The van der Waals surface area contributed by atoms with Crippen molar-refractivity contribution >= 4 is 50.7 Å². The van der Waals surface area contributed by atoms with E-state index in [1.807, 2.05) is 13.0 Å². The summed E-state index contributed by atoms with van der Waals surface area (Å²) in [7, 11) is 1.46. The Labute approximate surface area is 215 Å². The molecule has 0 unspecified atom stereocenters. The van der Waals surface area contributed by atoms with Gasteiger partial charge in [0.25, 0.3) is 0 Å². The fourth-order valence-electron chi connectivity index (χ4n) is 3.03. The van der Waals surface area contributed by atoms with E-state index in [1.54, 1.807) is 43.3 Å². The van der Waals surface area contributed by atoms with E-state index in [-0.39, 0.29) is 17.2 Å².